The number of piperidine rings is 1. The fraction of sp³-hybridized carbons (Fsp3) is 0.192. The molecule has 0 spiro atoms. The predicted molar refractivity (Wildman–Crippen MR) is 125 cm³/mol. The summed E-state index contributed by atoms with van der Waals surface area (Å²) in [5, 5.41) is 5.94. The van der Waals surface area contributed by atoms with E-state index < -0.39 is 0 Å². The molecule has 0 bridgehead atoms. The van der Waals surface area contributed by atoms with E-state index in [0.29, 0.717) is 6.04 Å². The first-order valence-corrected chi connectivity index (χ1v) is 10.8. The number of hydrogen-bond donors (Lipinski definition) is 1. The van der Waals surface area contributed by atoms with Crippen molar-refractivity contribution in [2.24, 2.45) is 0 Å². The quantitative estimate of drug-likeness (QED) is 0.446. The molecule has 1 N–H and O–H groups in total. The number of rotatable bonds is 3. The lowest BCUT2D eigenvalue weighted by atomic mass is 10.0. The van der Waals surface area contributed by atoms with Crippen LogP contribution in [-0.4, -0.2) is 32.6 Å². The van der Waals surface area contributed by atoms with Crippen LogP contribution in [0, 0.1) is 0 Å². The van der Waals surface area contributed by atoms with Crippen LogP contribution < -0.4 is 5.32 Å². The molecule has 6 rings (SSSR count). The summed E-state index contributed by atoms with van der Waals surface area (Å²) in [7, 11) is 0. The van der Waals surface area contributed by atoms with Gasteiger partial charge in [-0.3, -0.25) is 4.98 Å². The Morgan fingerprint density at radius 3 is 2.52 bits per heavy atom. The molecule has 0 radical (unpaired) electrons. The minimum atomic E-state index is 0.389. The van der Waals surface area contributed by atoms with Gasteiger partial charge in [-0.25, -0.2) is 9.97 Å². The van der Waals surface area contributed by atoms with E-state index in [1.807, 2.05) is 18.5 Å². The highest BCUT2D eigenvalue weighted by Crippen LogP contribution is 2.33. The summed E-state index contributed by atoms with van der Waals surface area (Å²) < 4.78 is 2.33. The monoisotopic (exact) mass is 405 g/mol. The summed E-state index contributed by atoms with van der Waals surface area (Å²) >= 11 is 0. The lowest BCUT2D eigenvalue weighted by Crippen LogP contribution is -2.29. The molecule has 4 heterocycles. The predicted octanol–water partition coefficient (Wildman–Crippen LogP) is 5.24. The first-order valence-electron chi connectivity index (χ1n) is 10.8. The van der Waals surface area contributed by atoms with Crippen LogP contribution in [0.25, 0.3) is 44.5 Å². The highest BCUT2D eigenvalue weighted by atomic mass is 15.2. The van der Waals surface area contributed by atoms with Gasteiger partial charge in [0.05, 0.1) is 0 Å². The van der Waals surface area contributed by atoms with E-state index in [1.54, 1.807) is 6.20 Å². The van der Waals surface area contributed by atoms with Gasteiger partial charge < -0.3 is 9.88 Å². The zero-order valence-corrected chi connectivity index (χ0v) is 17.2. The number of nitrogens with zero attached hydrogens (tertiary/aromatic N) is 4. The Balaban J connectivity index is 1.51. The van der Waals surface area contributed by atoms with Gasteiger partial charge in [-0.2, -0.15) is 0 Å². The molecule has 0 saturated carbocycles. The van der Waals surface area contributed by atoms with Gasteiger partial charge >= 0.3 is 0 Å². The van der Waals surface area contributed by atoms with Crippen LogP contribution in [0.1, 0.15) is 18.9 Å². The van der Waals surface area contributed by atoms with Gasteiger partial charge in [0.25, 0.3) is 0 Å². The molecule has 5 nitrogen and oxygen atoms in total. The first-order chi connectivity index (χ1) is 15.4. The van der Waals surface area contributed by atoms with Gasteiger partial charge in [-0.1, -0.05) is 36.4 Å². The zero-order chi connectivity index (χ0) is 20.6. The van der Waals surface area contributed by atoms with Gasteiger partial charge in [0.2, 0.25) is 0 Å². The number of nitrogens with one attached hydrogen (secondary N) is 1. The summed E-state index contributed by atoms with van der Waals surface area (Å²) in [5.74, 6) is 0.957. The van der Waals surface area contributed by atoms with Gasteiger partial charge in [0.1, 0.15) is 11.3 Å². The van der Waals surface area contributed by atoms with Crippen molar-refractivity contribution in [3.8, 4) is 22.5 Å². The number of hydrogen-bond acceptors (Lipinski definition) is 4. The smallest absolute Gasteiger partial charge is 0.160 e. The maximum absolute atomic E-state index is 5.05. The summed E-state index contributed by atoms with van der Waals surface area (Å²) in [5.41, 5.74) is 5.17. The molecule has 1 fully saturated rings. The maximum atomic E-state index is 5.05. The Morgan fingerprint density at radius 1 is 0.806 bits per heavy atom. The van der Waals surface area contributed by atoms with Gasteiger partial charge in [-0.15, -0.1) is 0 Å². The van der Waals surface area contributed by atoms with Crippen LogP contribution in [0.3, 0.4) is 0 Å². The third-order valence-electron chi connectivity index (χ3n) is 6.21. The van der Waals surface area contributed by atoms with Crippen LogP contribution in [0.2, 0.25) is 0 Å². The minimum Gasteiger partial charge on any atom is -0.317 e. The Labute approximate surface area is 180 Å². The molecule has 152 valence electrons. The third kappa shape index (κ3) is 3.27. The van der Waals surface area contributed by atoms with E-state index in [9.17, 15) is 0 Å². The minimum absolute atomic E-state index is 0.389. The molecule has 31 heavy (non-hydrogen) atoms. The third-order valence-corrected chi connectivity index (χ3v) is 6.21. The maximum Gasteiger partial charge on any atom is 0.160 e. The summed E-state index contributed by atoms with van der Waals surface area (Å²) in [6.45, 7) is 2.04. The van der Waals surface area contributed by atoms with Crippen molar-refractivity contribution >= 4 is 21.9 Å². The van der Waals surface area contributed by atoms with Crippen molar-refractivity contribution in [1.82, 2.24) is 24.8 Å². The number of fused-ring (bicyclic) bond motifs is 2. The zero-order valence-electron chi connectivity index (χ0n) is 17.2. The highest BCUT2D eigenvalue weighted by Gasteiger charge is 2.23. The molecule has 2 aromatic carbocycles. The molecule has 5 heteroatoms. The molecule has 1 aliphatic rings. The van der Waals surface area contributed by atoms with Crippen molar-refractivity contribution in [3.05, 3.63) is 79.3 Å². The molecule has 5 aromatic rings. The SMILES string of the molecule is c1cncc(-c2nc3cc(-c4ccc5ccccc5c4)cnc3n2C2CCNCC2)c1. The molecule has 3 aromatic heterocycles. The lowest BCUT2D eigenvalue weighted by molar-refractivity contribution is 0.376. The summed E-state index contributed by atoms with van der Waals surface area (Å²) in [4.78, 5) is 14.3. The number of aromatic nitrogens is 4. The number of pyridine rings is 2. The lowest BCUT2D eigenvalue weighted by Gasteiger charge is -2.25. The molecule has 0 aliphatic carbocycles. The van der Waals surface area contributed by atoms with E-state index in [-0.39, 0.29) is 0 Å². The molecular formula is C26H23N5. The van der Waals surface area contributed by atoms with Gasteiger partial charge in [0, 0.05) is 35.8 Å². The summed E-state index contributed by atoms with van der Waals surface area (Å²) in [6, 6.07) is 21.6. The van der Waals surface area contributed by atoms with Gasteiger partial charge in [-0.05, 0) is 66.5 Å². The highest BCUT2D eigenvalue weighted by molar-refractivity contribution is 5.89. The van der Waals surface area contributed by atoms with Crippen LogP contribution in [0.4, 0.5) is 0 Å². The largest absolute Gasteiger partial charge is 0.317 e. The fourth-order valence-electron chi connectivity index (χ4n) is 4.62. The Bertz CT molecular complexity index is 1370. The van der Waals surface area contributed by atoms with Gasteiger partial charge in [0.15, 0.2) is 5.65 Å². The second-order valence-corrected chi connectivity index (χ2v) is 8.16. The number of benzene rings is 2. The molecule has 0 atom stereocenters. The average molecular weight is 406 g/mol. The average Bonchev–Trinajstić information content (AvgIpc) is 3.23. The molecule has 1 saturated heterocycles. The van der Waals surface area contributed by atoms with E-state index in [2.05, 4.69) is 69.5 Å². The van der Waals surface area contributed by atoms with Crippen molar-refractivity contribution in [1.29, 1.82) is 0 Å². The van der Waals surface area contributed by atoms with E-state index in [1.165, 1.54) is 10.8 Å². The second-order valence-electron chi connectivity index (χ2n) is 8.16. The van der Waals surface area contributed by atoms with E-state index in [4.69, 9.17) is 9.97 Å². The van der Waals surface area contributed by atoms with Crippen molar-refractivity contribution in [3.63, 3.8) is 0 Å². The topological polar surface area (TPSA) is 55.6 Å². The molecular weight excluding hydrogens is 382 g/mol. The van der Waals surface area contributed by atoms with Crippen LogP contribution in [0.5, 0.6) is 0 Å². The number of imidazole rings is 1. The van der Waals surface area contributed by atoms with Crippen LogP contribution in [-0.2, 0) is 0 Å². The Morgan fingerprint density at radius 2 is 1.68 bits per heavy atom. The van der Waals surface area contributed by atoms with E-state index >= 15 is 0 Å². The fourth-order valence-corrected chi connectivity index (χ4v) is 4.62. The summed E-state index contributed by atoms with van der Waals surface area (Å²) in [6.07, 6.45) is 7.83. The van der Waals surface area contributed by atoms with Crippen molar-refractivity contribution in [2.45, 2.75) is 18.9 Å². The molecule has 0 unspecified atom stereocenters. The molecule has 0 amide bonds. The first kappa shape index (κ1) is 18.2. The second kappa shape index (κ2) is 7.60. The standard InChI is InChI=1S/C26H23N5/c1-2-5-19-14-20(8-7-18(19)4-1)22-15-24-26(29-17-22)31(23-9-12-27-13-10-23)25(30-24)21-6-3-11-28-16-21/h1-8,11,14-17,23,27H,9-10,12-13H2. The van der Waals surface area contributed by atoms with E-state index in [0.717, 1.165) is 59.6 Å². The van der Waals surface area contributed by atoms with Crippen LogP contribution in [0.15, 0.2) is 79.3 Å². The van der Waals surface area contributed by atoms with Crippen molar-refractivity contribution in [2.75, 3.05) is 13.1 Å². The van der Waals surface area contributed by atoms with Crippen LogP contribution >= 0.6 is 0 Å². The molecule has 1 aliphatic heterocycles. The Kier molecular flexibility index (Phi) is 4.47. The Hall–Kier alpha value is -3.57. The van der Waals surface area contributed by atoms with Crippen molar-refractivity contribution < 1.29 is 0 Å². The normalized spacial score (nSPS) is 15.0.